The third-order valence-corrected chi connectivity index (χ3v) is 4.04. The molecule has 0 spiro atoms. The molecule has 0 bridgehead atoms. The highest BCUT2D eigenvalue weighted by Gasteiger charge is 2.28. The summed E-state index contributed by atoms with van der Waals surface area (Å²) in [5.41, 5.74) is 0.545. The van der Waals surface area contributed by atoms with Gasteiger partial charge in [0.1, 0.15) is 0 Å². The second-order valence-electron chi connectivity index (χ2n) is 7.54. The lowest BCUT2D eigenvalue weighted by Gasteiger charge is -2.37. The fourth-order valence-corrected chi connectivity index (χ4v) is 2.53. The first-order valence-electron chi connectivity index (χ1n) is 7.83. The van der Waals surface area contributed by atoms with Gasteiger partial charge in [-0.3, -0.25) is 0 Å². The van der Waals surface area contributed by atoms with Gasteiger partial charge in [-0.1, -0.05) is 13.8 Å². The van der Waals surface area contributed by atoms with Gasteiger partial charge in [0.05, 0.1) is 6.10 Å². The lowest BCUT2D eigenvalue weighted by Crippen LogP contribution is -2.48. The Balaban J connectivity index is 2.53. The lowest BCUT2D eigenvalue weighted by atomic mass is 9.85. The minimum Gasteiger partial charge on any atom is -0.377 e. The fourth-order valence-electron chi connectivity index (χ4n) is 2.53. The van der Waals surface area contributed by atoms with Crippen LogP contribution in [0.2, 0.25) is 0 Å². The summed E-state index contributed by atoms with van der Waals surface area (Å²) in [4.78, 5) is 2.59. The Hall–Kier alpha value is -0.120. The van der Waals surface area contributed by atoms with Crippen molar-refractivity contribution >= 4 is 0 Å². The smallest absolute Gasteiger partial charge is 0.0673 e. The third kappa shape index (κ3) is 6.73. The second kappa shape index (κ2) is 7.05. The lowest BCUT2D eigenvalue weighted by molar-refractivity contribution is 0.0592. The molecule has 2 unspecified atom stereocenters. The molecule has 3 nitrogen and oxygen atoms in total. The summed E-state index contributed by atoms with van der Waals surface area (Å²) in [6, 6.07) is 0. The van der Waals surface area contributed by atoms with E-state index in [1.54, 1.807) is 0 Å². The highest BCUT2D eigenvalue weighted by molar-refractivity contribution is 4.84. The molecule has 0 saturated carbocycles. The molecule has 0 aliphatic carbocycles. The van der Waals surface area contributed by atoms with Crippen LogP contribution in [0.25, 0.3) is 0 Å². The van der Waals surface area contributed by atoms with Gasteiger partial charge in [-0.25, -0.2) is 0 Å². The summed E-state index contributed by atoms with van der Waals surface area (Å²) in [6.07, 6.45) is 2.75. The molecule has 3 heteroatoms. The van der Waals surface area contributed by atoms with Crippen LogP contribution in [0.5, 0.6) is 0 Å². The number of nitrogens with one attached hydrogen (secondary N) is 1. The van der Waals surface area contributed by atoms with Crippen molar-refractivity contribution in [1.29, 1.82) is 0 Å². The van der Waals surface area contributed by atoms with Crippen molar-refractivity contribution in [2.75, 3.05) is 32.8 Å². The van der Waals surface area contributed by atoms with Crippen LogP contribution in [0.1, 0.15) is 54.4 Å². The predicted octanol–water partition coefficient (Wildman–Crippen LogP) is 2.90. The summed E-state index contributed by atoms with van der Waals surface area (Å²) in [6.45, 7) is 19.0. The quantitative estimate of drug-likeness (QED) is 0.831. The van der Waals surface area contributed by atoms with Crippen LogP contribution in [0, 0.1) is 5.41 Å². The summed E-state index contributed by atoms with van der Waals surface area (Å²) in [5, 5.41) is 3.67. The zero-order chi connectivity index (χ0) is 14.5. The van der Waals surface area contributed by atoms with E-state index in [1.165, 1.54) is 19.5 Å². The Morgan fingerprint density at radius 2 is 1.95 bits per heavy atom. The first-order valence-corrected chi connectivity index (χ1v) is 7.83. The van der Waals surface area contributed by atoms with E-state index in [2.05, 4.69) is 51.8 Å². The third-order valence-electron chi connectivity index (χ3n) is 4.04. The molecule has 19 heavy (non-hydrogen) atoms. The average molecular weight is 270 g/mol. The molecule has 1 heterocycles. The normalized spacial score (nSPS) is 25.9. The van der Waals surface area contributed by atoms with Crippen LogP contribution in [-0.4, -0.2) is 49.3 Å². The maximum absolute atomic E-state index is 5.74. The Labute approximate surface area is 120 Å². The van der Waals surface area contributed by atoms with Crippen molar-refractivity contribution < 1.29 is 4.74 Å². The van der Waals surface area contributed by atoms with Gasteiger partial charge in [-0.05, 0) is 46.0 Å². The van der Waals surface area contributed by atoms with Gasteiger partial charge in [0.25, 0.3) is 0 Å². The zero-order valence-electron chi connectivity index (χ0n) is 13.9. The Morgan fingerprint density at radius 3 is 2.53 bits per heavy atom. The highest BCUT2D eigenvalue weighted by Crippen LogP contribution is 2.24. The molecule has 0 amide bonds. The van der Waals surface area contributed by atoms with E-state index in [1.807, 2.05) is 0 Å². The summed E-state index contributed by atoms with van der Waals surface area (Å²) < 4.78 is 5.74. The molecule has 0 aromatic rings. The van der Waals surface area contributed by atoms with E-state index < -0.39 is 0 Å². The van der Waals surface area contributed by atoms with E-state index in [-0.39, 0.29) is 5.54 Å². The number of nitrogens with zero attached hydrogens (tertiary/aromatic N) is 1. The second-order valence-corrected chi connectivity index (χ2v) is 7.54. The minimum atomic E-state index is 0.200. The molecule has 1 fully saturated rings. The van der Waals surface area contributed by atoms with Crippen molar-refractivity contribution in [3.8, 4) is 0 Å². The largest absolute Gasteiger partial charge is 0.377 e. The topological polar surface area (TPSA) is 24.5 Å². The number of hydrogen-bond acceptors (Lipinski definition) is 3. The van der Waals surface area contributed by atoms with Crippen LogP contribution in [-0.2, 0) is 4.74 Å². The molecule has 1 aliphatic heterocycles. The molecule has 114 valence electrons. The molecule has 0 radical (unpaired) electrons. The molecule has 0 aromatic carbocycles. The van der Waals surface area contributed by atoms with Crippen molar-refractivity contribution in [2.24, 2.45) is 5.41 Å². The maximum Gasteiger partial charge on any atom is 0.0673 e. The van der Waals surface area contributed by atoms with E-state index in [4.69, 9.17) is 4.74 Å². The van der Waals surface area contributed by atoms with Gasteiger partial charge in [0.2, 0.25) is 0 Å². The Morgan fingerprint density at radius 1 is 1.26 bits per heavy atom. The van der Waals surface area contributed by atoms with Gasteiger partial charge in [0, 0.05) is 38.3 Å². The highest BCUT2D eigenvalue weighted by atomic mass is 16.5. The standard InChI is InChI=1S/C16H34N2O/c1-7-16(6,12-17-15(3,4)5)13-18-9-8-10-19-14(2)11-18/h14,17H,7-13H2,1-6H3. The number of hydrogen-bond donors (Lipinski definition) is 1. The molecule has 1 aliphatic rings. The van der Waals surface area contributed by atoms with Gasteiger partial charge in [-0.2, -0.15) is 0 Å². The van der Waals surface area contributed by atoms with E-state index >= 15 is 0 Å². The summed E-state index contributed by atoms with van der Waals surface area (Å²) >= 11 is 0. The molecule has 1 N–H and O–H groups in total. The number of rotatable bonds is 5. The SMILES string of the molecule is CCC(C)(CNC(C)(C)C)CN1CCCOC(C)C1. The summed E-state index contributed by atoms with van der Waals surface area (Å²) in [7, 11) is 0. The van der Waals surface area contributed by atoms with Gasteiger partial charge >= 0.3 is 0 Å². The molecule has 0 aromatic heterocycles. The Bertz CT molecular complexity index is 262. The van der Waals surface area contributed by atoms with Crippen molar-refractivity contribution in [3.63, 3.8) is 0 Å². The monoisotopic (exact) mass is 270 g/mol. The number of ether oxygens (including phenoxy) is 1. The first-order chi connectivity index (χ1) is 8.74. The van der Waals surface area contributed by atoms with Crippen LogP contribution >= 0.6 is 0 Å². The maximum atomic E-state index is 5.74. The van der Waals surface area contributed by atoms with E-state index in [0.717, 1.165) is 26.1 Å². The predicted molar refractivity (Wildman–Crippen MR) is 82.6 cm³/mol. The summed E-state index contributed by atoms with van der Waals surface area (Å²) in [5.74, 6) is 0. The van der Waals surface area contributed by atoms with Crippen LogP contribution < -0.4 is 5.32 Å². The van der Waals surface area contributed by atoms with Crippen molar-refractivity contribution in [2.45, 2.75) is 66.0 Å². The van der Waals surface area contributed by atoms with Gasteiger partial charge < -0.3 is 15.0 Å². The van der Waals surface area contributed by atoms with Gasteiger partial charge in [-0.15, -0.1) is 0 Å². The van der Waals surface area contributed by atoms with Crippen LogP contribution in [0.4, 0.5) is 0 Å². The van der Waals surface area contributed by atoms with Crippen LogP contribution in [0.15, 0.2) is 0 Å². The minimum absolute atomic E-state index is 0.200. The molecule has 1 saturated heterocycles. The average Bonchev–Trinajstić information content (AvgIpc) is 2.50. The van der Waals surface area contributed by atoms with Gasteiger partial charge in [0.15, 0.2) is 0 Å². The molecule has 2 atom stereocenters. The Kier molecular flexibility index (Phi) is 6.28. The van der Waals surface area contributed by atoms with Crippen molar-refractivity contribution in [1.82, 2.24) is 10.2 Å². The van der Waals surface area contributed by atoms with Crippen molar-refractivity contribution in [3.05, 3.63) is 0 Å². The molecular formula is C16H34N2O. The molecule has 1 rings (SSSR count). The fraction of sp³-hybridized carbons (Fsp3) is 1.00. The zero-order valence-corrected chi connectivity index (χ0v) is 13.9. The first kappa shape index (κ1) is 16.9. The molecular weight excluding hydrogens is 236 g/mol. The van der Waals surface area contributed by atoms with Crippen LogP contribution in [0.3, 0.4) is 0 Å². The van der Waals surface area contributed by atoms with E-state index in [9.17, 15) is 0 Å². The van der Waals surface area contributed by atoms with E-state index in [0.29, 0.717) is 11.5 Å².